The van der Waals surface area contributed by atoms with E-state index in [9.17, 15) is 0 Å². The predicted molar refractivity (Wildman–Crippen MR) is 82.5 cm³/mol. The predicted octanol–water partition coefficient (Wildman–Crippen LogP) is 3.29. The fourth-order valence-corrected chi connectivity index (χ4v) is 3.87. The lowest BCUT2D eigenvalue weighted by Gasteiger charge is -2.39. The molecule has 2 aromatic heterocycles. The zero-order valence-corrected chi connectivity index (χ0v) is 13.6. The topological polar surface area (TPSA) is 29.8 Å². The summed E-state index contributed by atoms with van der Waals surface area (Å²) in [6.07, 6.45) is 3.45. The van der Waals surface area contributed by atoms with Gasteiger partial charge in [0, 0.05) is 23.5 Å². The van der Waals surface area contributed by atoms with E-state index in [1.54, 1.807) is 11.3 Å². The minimum absolute atomic E-state index is 0.269. The van der Waals surface area contributed by atoms with Gasteiger partial charge in [0.05, 0.1) is 24.4 Å². The van der Waals surface area contributed by atoms with Crippen LogP contribution in [0.4, 0.5) is 5.82 Å². The molecule has 1 aliphatic heterocycles. The summed E-state index contributed by atoms with van der Waals surface area (Å²) >= 11 is 5.29. The van der Waals surface area contributed by atoms with Gasteiger partial charge in [-0.2, -0.15) is 0 Å². The Morgan fingerprint density at radius 2 is 2.42 bits per heavy atom. The zero-order chi connectivity index (χ0) is 13.4. The molecule has 0 aliphatic carbocycles. The Morgan fingerprint density at radius 3 is 3.16 bits per heavy atom. The largest absolute Gasteiger partial charge is 0.375 e. The third-order valence-corrected chi connectivity index (χ3v) is 4.97. The van der Waals surface area contributed by atoms with Crippen LogP contribution in [0.25, 0.3) is 4.96 Å². The first-order valence-corrected chi connectivity index (χ1v) is 8.63. The highest BCUT2D eigenvalue weighted by Crippen LogP contribution is 2.30. The fraction of sp³-hybridized carbons (Fsp3) is 0.615. The molecule has 104 valence electrons. The van der Waals surface area contributed by atoms with Crippen LogP contribution in [0.2, 0.25) is 0 Å². The van der Waals surface area contributed by atoms with Crippen LogP contribution in [0, 0.1) is 0 Å². The van der Waals surface area contributed by atoms with Gasteiger partial charge in [0.2, 0.25) is 0 Å². The molecule has 2 aromatic rings. The smallest absolute Gasteiger partial charge is 0.195 e. The minimum Gasteiger partial charge on any atom is -0.375 e. The molecule has 6 heteroatoms. The number of alkyl halides is 1. The molecule has 19 heavy (non-hydrogen) atoms. The molecule has 1 saturated heterocycles. The normalized spacial score (nSPS) is 24.3. The third kappa shape index (κ3) is 2.30. The number of thiazole rings is 1. The average molecular weight is 344 g/mol. The lowest BCUT2D eigenvalue weighted by molar-refractivity contribution is 0.0296. The molecule has 3 rings (SSSR count). The van der Waals surface area contributed by atoms with E-state index in [0.29, 0.717) is 6.04 Å². The highest BCUT2D eigenvalue weighted by atomic mass is 79.9. The molecular weight excluding hydrogens is 326 g/mol. The molecule has 0 radical (unpaired) electrons. The Hall–Kier alpha value is -0.590. The van der Waals surface area contributed by atoms with Crippen molar-refractivity contribution in [2.75, 3.05) is 18.1 Å². The summed E-state index contributed by atoms with van der Waals surface area (Å²) in [4.78, 5) is 8.31. The Kier molecular flexibility index (Phi) is 3.82. The number of ether oxygens (including phenoxy) is 1. The maximum atomic E-state index is 5.78. The number of morpholine rings is 1. The van der Waals surface area contributed by atoms with Crippen molar-refractivity contribution in [3.05, 3.63) is 17.3 Å². The van der Waals surface area contributed by atoms with Crippen molar-refractivity contribution in [3.63, 3.8) is 0 Å². The molecule has 0 bridgehead atoms. The Bertz CT molecular complexity index is 567. The van der Waals surface area contributed by atoms with E-state index in [2.05, 4.69) is 50.7 Å². The quantitative estimate of drug-likeness (QED) is 0.801. The van der Waals surface area contributed by atoms with Gasteiger partial charge in [-0.25, -0.2) is 4.98 Å². The number of nitrogens with zero attached hydrogens (tertiary/aromatic N) is 3. The van der Waals surface area contributed by atoms with Crippen molar-refractivity contribution in [1.82, 2.24) is 9.38 Å². The monoisotopic (exact) mass is 343 g/mol. The van der Waals surface area contributed by atoms with Gasteiger partial charge in [-0.3, -0.25) is 4.40 Å². The Labute approximate surface area is 125 Å². The SMILES string of the molecule is CCC1COC(C)CN1c1nc2sccn2c1CBr. The molecule has 4 nitrogen and oxygen atoms in total. The van der Waals surface area contributed by atoms with E-state index in [1.165, 1.54) is 5.69 Å². The second kappa shape index (κ2) is 5.42. The van der Waals surface area contributed by atoms with Gasteiger partial charge in [-0.15, -0.1) is 11.3 Å². The second-order valence-electron chi connectivity index (χ2n) is 4.93. The molecule has 2 unspecified atom stereocenters. The van der Waals surface area contributed by atoms with Crippen molar-refractivity contribution in [3.8, 4) is 0 Å². The van der Waals surface area contributed by atoms with E-state index in [-0.39, 0.29) is 6.10 Å². The van der Waals surface area contributed by atoms with Gasteiger partial charge in [0.1, 0.15) is 0 Å². The highest BCUT2D eigenvalue weighted by molar-refractivity contribution is 9.08. The molecule has 2 atom stereocenters. The number of imidazole rings is 1. The van der Waals surface area contributed by atoms with Crippen LogP contribution >= 0.6 is 27.3 Å². The molecule has 0 amide bonds. The maximum absolute atomic E-state index is 5.78. The lowest BCUT2D eigenvalue weighted by atomic mass is 10.1. The fourth-order valence-electron chi connectivity index (χ4n) is 2.62. The van der Waals surface area contributed by atoms with Crippen LogP contribution in [0.1, 0.15) is 26.0 Å². The van der Waals surface area contributed by atoms with Gasteiger partial charge in [0.25, 0.3) is 0 Å². The highest BCUT2D eigenvalue weighted by Gasteiger charge is 2.29. The summed E-state index contributed by atoms with van der Waals surface area (Å²) in [7, 11) is 0. The number of anilines is 1. The Balaban J connectivity index is 2.03. The minimum atomic E-state index is 0.269. The van der Waals surface area contributed by atoms with E-state index in [4.69, 9.17) is 9.72 Å². The third-order valence-electron chi connectivity index (χ3n) is 3.68. The maximum Gasteiger partial charge on any atom is 0.195 e. The van der Waals surface area contributed by atoms with Gasteiger partial charge >= 0.3 is 0 Å². The van der Waals surface area contributed by atoms with E-state index >= 15 is 0 Å². The lowest BCUT2D eigenvalue weighted by Crippen LogP contribution is -2.49. The van der Waals surface area contributed by atoms with Crippen molar-refractivity contribution in [2.24, 2.45) is 0 Å². The number of fused-ring (bicyclic) bond motifs is 1. The first-order valence-electron chi connectivity index (χ1n) is 6.63. The van der Waals surface area contributed by atoms with Gasteiger partial charge in [-0.1, -0.05) is 22.9 Å². The van der Waals surface area contributed by atoms with Crippen molar-refractivity contribution in [1.29, 1.82) is 0 Å². The van der Waals surface area contributed by atoms with Gasteiger partial charge < -0.3 is 9.64 Å². The Morgan fingerprint density at radius 1 is 1.58 bits per heavy atom. The van der Waals surface area contributed by atoms with E-state index in [1.807, 2.05) is 0 Å². The zero-order valence-electron chi connectivity index (χ0n) is 11.2. The second-order valence-corrected chi connectivity index (χ2v) is 6.36. The number of rotatable bonds is 3. The van der Waals surface area contributed by atoms with Gasteiger partial charge in [0.15, 0.2) is 10.8 Å². The molecule has 3 heterocycles. The summed E-state index contributed by atoms with van der Waals surface area (Å²) in [6, 6.07) is 0.429. The molecule has 0 aromatic carbocycles. The van der Waals surface area contributed by atoms with Crippen LogP contribution in [0.15, 0.2) is 11.6 Å². The van der Waals surface area contributed by atoms with Crippen LogP contribution in [0.5, 0.6) is 0 Å². The number of halogens is 1. The van der Waals surface area contributed by atoms with Gasteiger partial charge in [-0.05, 0) is 13.3 Å². The molecular formula is C13H18BrN3OS. The number of hydrogen-bond donors (Lipinski definition) is 0. The molecule has 0 N–H and O–H groups in total. The molecule has 1 fully saturated rings. The number of aromatic nitrogens is 2. The van der Waals surface area contributed by atoms with Crippen molar-refractivity contribution >= 4 is 38.0 Å². The average Bonchev–Trinajstić information content (AvgIpc) is 2.98. The van der Waals surface area contributed by atoms with Crippen LogP contribution in [0.3, 0.4) is 0 Å². The van der Waals surface area contributed by atoms with E-state index < -0.39 is 0 Å². The van der Waals surface area contributed by atoms with Crippen LogP contribution < -0.4 is 4.90 Å². The summed E-state index contributed by atoms with van der Waals surface area (Å²) in [5, 5.41) is 2.90. The van der Waals surface area contributed by atoms with Crippen LogP contribution in [-0.4, -0.2) is 34.7 Å². The van der Waals surface area contributed by atoms with Crippen molar-refractivity contribution in [2.45, 2.75) is 37.7 Å². The standard InChI is InChI=1S/C13H18BrN3OS/c1-3-10-8-18-9(2)7-17(10)12-11(6-14)16-4-5-19-13(16)15-12/h4-5,9-10H,3,6-8H2,1-2H3. The molecule has 0 spiro atoms. The summed E-state index contributed by atoms with van der Waals surface area (Å²) in [5.74, 6) is 1.12. The first kappa shape index (κ1) is 13.4. The van der Waals surface area contributed by atoms with E-state index in [0.717, 1.165) is 35.7 Å². The molecule has 1 aliphatic rings. The van der Waals surface area contributed by atoms with Crippen molar-refractivity contribution < 1.29 is 4.74 Å². The summed E-state index contributed by atoms with van der Waals surface area (Å²) in [6.45, 7) is 6.06. The summed E-state index contributed by atoms with van der Waals surface area (Å²) in [5.41, 5.74) is 1.24. The van der Waals surface area contributed by atoms with Crippen LogP contribution in [-0.2, 0) is 10.1 Å². The molecule has 0 saturated carbocycles. The summed E-state index contributed by atoms with van der Waals surface area (Å²) < 4.78 is 7.96. The first-order chi connectivity index (χ1) is 9.24. The number of hydrogen-bond acceptors (Lipinski definition) is 4.